The Kier molecular flexibility index (Phi) is 3.65. The van der Waals surface area contributed by atoms with E-state index in [4.69, 9.17) is 5.73 Å². The van der Waals surface area contributed by atoms with Crippen molar-refractivity contribution in [3.8, 4) is 0 Å². The van der Waals surface area contributed by atoms with Crippen LogP contribution in [0.5, 0.6) is 0 Å². The molecule has 1 aromatic heterocycles. The van der Waals surface area contributed by atoms with Gasteiger partial charge in [-0.3, -0.25) is 9.78 Å². The Morgan fingerprint density at radius 2 is 1.88 bits per heavy atom. The van der Waals surface area contributed by atoms with Crippen molar-refractivity contribution in [2.45, 2.75) is 26.8 Å². The van der Waals surface area contributed by atoms with Gasteiger partial charge in [-0.2, -0.15) is 0 Å². The van der Waals surface area contributed by atoms with Crippen LogP contribution in [0.1, 0.15) is 20.8 Å². The standard InChI is InChI=1S/C12H19N3O/c1-12(2,3)10(13)11(16)15(4)9-5-7-14-8-6-9/h5-8,10H,13H2,1-4H3/t10-/m0/s1. The Morgan fingerprint density at radius 3 is 2.31 bits per heavy atom. The van der Waals surface area contributed by atoms with E-state index in [2.05, 4.69) is 4.98 Å². The van der Waals surface area contributed by atoms with Crippen LogP contribution in [-0.4, -0.2) is 24.0 Å². The van der Waals surface area contributed by atoms with Crippen molar-refractivity contribution in [3.05, 3.63) is 24.5 Å². The summed E-state index contributed by atoms with van der Waals surface area (Å²) in [6.07, 6.45) is 3.31. The third-order valence-electron chi connectivity index (χ3n) is 2.58. The molecular weight excluding hydrogens is 202 g/mol. The topological polar surface area (TPSA) is 59.2 Å². The number of carbonyl (C=O) groups is 1. The van der Waals surface area contributed by atoms with Gasteiger partial charge < -0.3 is 10.6 Å². The largest absolute Gasteiger partial charge is 0.319 e. The fourth-order valence-corrected chi connectivity index (χ4v) is 1.27. The van der Waals surface area contributed by atoms with Gasteiger partial charge in [0.1, 0.15) is 0 Å². The van der Waals surface area contributed by atoms with E-state index in [9.17, 15) is 4.79 Å². The van der Waals surface area contributed by atoms with Gasteiger partial charge in [-0.15, -0.1) is 0 Å². The third kappa shape index (κ3) is 2.79. The molecule has 0 saturated heterocycles. The number of anilines is 1. The molecule has 88 valence electrons. The average molecular weight is 221 g/mol. The monoisotopic (exact) mass is 221 g/mol. The maximum atomic E-state index is 12.1. The van der Waals surface area contributed by atoms with Gasteiger partial charge in [0.2, 0.25) is 5.91 Å². The molecule has 1 amide bonds. The summed E-state index contributed by atoms with van der Waals surface area (Å²) in [4.78, 5) is 17.5. The van der Waals surface area contributed by atoms with Gasteiger partial charge in [-0.1, -0.05) is 20.8 Å². The zero-order chi connectivity index (χ0) is 12.3. The maximum absolute atomic E-state index is 12.1. The van der Waals surface area contributed by atoms with E-state index in [1.165, 1.54) is 0 Å². The number of carbonyl (C=O) groups excluding carboxylic acids is 1. The summed E-state index contributed by atoms with van der Waals surface area (Å²) < 4.78 is 0. The second-order valence-electron chi connectivity index (χ2n) is 4.95. The Labute approximate surface area is 96.5 Å². The molecule has 1 rings (SSSR count). The van der Waals surface area contributed by atoms with Crippen LogP contribution in [-0.2, 0) is 4.79 Å². The fourth-order valence-electron chi connectivity index (χ4n) is 1.27. The number of hydrogen-bond donors (Lipinski definition) is 1. The van der Waals surface area contributed by atoms with Crippen LogP contribution in [0.3, 0.4) is 0 Å². The Hall–Kier alpha value is -1.42. The second kappa shape index (κ2) is 4.61. The molecule has 0 radical (unpaired) electrons. The summed E-state index contributed by atoms with van der Waals surface area (Å²) >= 11 is 0. The highest BCUT2D eigenvalue weighted by atomic mass is 16.2. The van der Waals surface area contributed by atoms with Crippen LogP contribution in [0.2, 0.25) is 0 Å². The Bertz CT molecular complexity index is 356. The van der Waals surface area contributed by atoms with Gasteiger partial charge in [0, 0.05) is 25.1 Å². The lowest BCUT2D eigenvalue weighted by Crippen LogP contribution is -2.49. The molecule has 1 heterocycles. The Balaban J connectivity index is 2.84. The van der Waals surface area contributed by atoms with Crippen LogP contribution in [0.15, 0.2) is 24.5 Å². The van der Waals surface area contributed by atoms with E-state index in [1.54, 1.807) is 36.5 Å². The van der Waals surface area contributed by atoms with E-state index in [0.717, 1.165) is 5.69 Å². The van der Waals surface area contributed by atoms with Crippen LogP contribution in [0, 0.1) is 5.41 Å². The van der Waals surface area contributed by atoms with Gasteiger partial charge in [-0.25, -0.2) is 0 Å². The lowest BCUT2D eigenvalue weighted by atomic mass is 9.86. The minimum atomic E-state index is -0.509. The van der Waals surface area contributed by atoms with E-state index in [0.29, 0.717) is 0 Å². The van der Waals surface area contributed by atoms with Gasteiger partial charge in [-0.05, 0) is 17.5 Å². The molecule has 1 aromatic rings. The van der Waals surface area contributed by atoms with Crippen molar-refractivity contribution in [2.75, 3.05) is 11.9 Å². The highest BCUT2D eigenvalue weighted by Gasteiger charge is 2.30. The summed E-state index contributed by atoms with van der Waals surface area (Å²) in [5.41, 5.74) is 6.49. The number of rotatable bonds is 2. The normalized spacial score (nSPS) is 13.3. The highest BCUT2D eigenvalue weighted by molar-refractivity contribution is 5.96. The molecule has 1 atom stereocenters. The van der Waals surface area contributed by atoms with Crippen molar-refractivity contribution in [3.63, 3.8) is 0 Å². The maximum Gasteiger partial charge on any atom is 0.244 e. The van der Waals surface area contributed by atoms with E-state index in [1.807, 2.05) is 20.8 Å². The predicted molar refractivity (Wildman–Crippen MR) is 65.1 cm³/mol. The lowest BCUT2D eigenvalue weighted by Gasteiger charge is -2.29. The first-order chi connectivity index (χ1) is 7.34. The van der Waals surface area contributed by atoms with Gasteiger partial charge in [0.25, 0.3) is 0 Å². The molecule has 0 saturated carbocycles. The van der Waals surface area contributed by atoms with E-state index >= 15 is 0 Å². The first-order valence-corrected chi connectivity index (χ1v) is 5.27. The predicted octanol–water partition coefficient (Wildman–Crippen LogP) is 1.42. The molecule has 0 aromatic carbocycles. The van der Waals surface area contributed by atoms with Crippen LogP contribution >= 0.6 is 0 Å². The molecule has 0 fully saturated rings. The first-order valence-electron chi connectivity index (χ1n) is 5.27. The SMILES string of the molecule is CN(C(=O)[C@H](N)C(C)(C)C)c1ccncc1. The number of nitrogens with zero attached hydrogens (tertiary/aromatic N) is 2. The zero-order valence-electron chi connectivity index (χ0n) is 10.3. The van der Waals surface area contributed by atoms with Crippen molar-refractivity contribution >= 4 is 11.6 Å². The third-order valence-corrected chi connectivity index (χ3v) is 2.58. The fraction of sp³-hybridized carbons (Fsp3) is 0.500. The number of nitrogens with two attached hydrogens (primary N) is 1. The summed E-state index contributed by atoms with van der Waals surface area (Å²) in [5.74, 6) is -0.0845. The molecule has 0 unspecified atom stereocenters. The molecule has 4 nitrogen and oxygen atoms in total. The molecule has 0 aliphatic carbocycles. The molecule has 4 heteroatoms. The average Bonchev–Trinajstić information content (AvgIpc) is 2.26. The number of amides is 1. The van der Waals surface area contributed by atoms with Crippen molar-refractivity contribution in [1.82, 2.24) is 4.98 Å². The molecule has 16 heavy (non-hydrogen) atoms. The summed E-state index contributed by atoms with van der Waals surface area (Å²) in [5, 5.41) is 0. The highest BCUT2D eigenvalue weighted by Crippen LogP contribution is 2.21. The van der Waals surface area contributed by atoms with E-state index in [-0.39, 0.29) is 11.3 Å². The summed E-state index contributed by atoms with van der Waals surface area (Å²) in [6.45, 7) is 5.86. The number of aromatic nitrogens is 1. The number of hydrogen-bond acceptors (Lipinski definition) is 3. The van der Waals surface area contributed by atoms with Crippen LogP contribution < -0.4 is 10.6 Å². The van der Waals surface area contributed by atoms with Crippen molar-refractivity contribution in [1.29, 1.82) is 0 Å². The number of likely N-dealkylation sites (N-methyl/N-ethyl adjacent to an activating group) is 1. The zero-order valence-corrected chi connectivity index (χ0v) is 10.3. The summed E-state index contributed by atoms with van der Waals surface area (Å²) in [7, 11) is 1.73. The van der Waals surface area contributed by atoms with Crippen molar-refractivity contribution < 1.29 is 4.79 Å². The first kappa shape index (κ1) is 12.6. The molecule has 0 spiro atoms. The quantitative estimate of drug-likeness (QED) is 0.821. The minimum absolute atomic E-state index is 0.0845. The van der Waals surface area contributed by atoms with E-state index < -0.39 is 6.04 Å². The van der Waals surface area contributed by atoms with Crippen molar-refractivity contribution in [2.24, 2.45) is 11.1 Å². The molecule has 0 aliphatic heterocycles. The van der Waals surface area contributed by atoms with Gasteiger partial charge in [0.15, 0.2) is 0 Å². The van der Waals surface area contributed by atoms with Gasteiger partial charge in [0.05, 0.1) is 6.04 Å². The second-order valence-corrected chi connectivity index (χ2v) is 4.95. The molecule has 0 bridgehead atoms. The van der Waals surface area contributed by atoms with Crippen LogP contribution in [0.4, 0.5) is 5.69 Å². The number of pyridine rings is 1. The summed E-state index contributed by atoms with van der Waals surface area (Å²) in [6, 6.07) is 3.06. The van der Waals surface area contributed by atoms with Gasteiger partial charge >= 0.3 is 0 Å². The van der Waals surface area contributed by atoms with Crippen LogP contribution in [0.25, 0.3) is 0 Å². The Morgan fingerprint density at radius 1 is 1.38 bits per heavy atom. The lowest BCUT2D eigenvalue weighted by molar-refractivity contribution is -0.121. The smallest absolute Gasteiger partial charge is 0.244 e. The molecule has 0 aliphatic rings. The molecule has 2 N–H and O–H groups in total. The molecular formula is C12H19N3O. The minimum Gasteiger partial charge on any atom is -0.319 e.